The second-order valence-electron chi connectivity index (χ2n) is 1.57. The smallest absolute Gasteiger partial charge is 0.294 e. The van der Waals surface area contributed by atoms with Gasteiger partial charge in [-0.15, -0.1) is 0 Å². The first-order chi connectivity index (χ1) is 4.09. The molecule has 0 heterocycles. The minimum absolute atomic E-state index is 0. The number of methoxy groups -OCH3 is 1. The van der Waals surface area contributed by atoms with Crippen LogP contribution in [0.1, 0.15) is 6.92 Å². The summed E-state index contributed by atoms with van der Waals surface area (Å²) < 4.78 is 4.13. The third-order valence-corrected chi connectivity index (χ3v) is 0.843. The topological polar surface area (TPSA) is 67.2 Å². The van der Waals surface area contributed by atoms with Gasteiger partial charge in [-0.05, 0) is 6.92 Å². The molecule has 1 N–H and O–H groups in total. The van der Waals surface area contributed by atoms with Gasteiger partial charge in [0.25, 0.3) is 5.97 Å². The average molecular weight is 357 g/mol. The van der Waals surface area contributed by atoms with E-state index in [1.807, 2.05) is 0 Å². The molecule has 10 heavy (non-hydrogen) atoms. The molecule has 0 amide bonds. The van der Waals surface area contributed by atoms with E-state index in [4.69, 9.17) is 5.73 Å². The maximum Gasteiger partial charge on any atom is 0.294 e. The van der Waals surface area contributed by atoms with Crippen LogP contribution in [0.3, 0.4) is 0 Å². The van der Waals surface area contributed by atoms with Crippen molar-refractivity contribution in [3.8, 4) is 0 Å². The molecule has 0 saturated heterocycles. The van der Waals surface area contributed by atoms with Gasteiger partial charge in [0.05, 0.1) is 7.11 Å². The maximum atomic E-state index is 10.3. The first-order valence-electron chi connectivity index (χ1n) is 2.39. The van der Waals surface area contributed by atoms with Gasteiger partial charge in [0.15, 0.2) is 0 Å². The van der Waals surface area contributed by atoms with Crippen molar-refractivity contribution in [3.63, 3.8) is 0 Å². The molecule has 1 unspecified atom stereocenters. The maximum absolute atomic E-state index is 10.3. The van der Waals surface area contributed by atoms with Crippen LogP contribution in [0.25, 0.3) is 5.73 Å². The molecule has 0 spiro atoms. The molecule has 0 aromatic heterocycles. The second kappa shape index (κ2) is 6.26. The standard InChI is InChI=1S/C5H8NO3.Ac/c1-3(7)4(6)5(8)9-2;/h4,6H,1-2H3;/q-1;. The van der Waals surface area contributed by atoms with Gasteiger partial charge in [-0.1, -0.05) is 0 Å². The molecular weight excluding hydrogens is 349 g/mol. The number of nitrogens with one attached hydrogen (secondary N) is 1. The first-order valence-corrected chi connectivity index (χ1v) is 2.39. The largest absolute Gasteiger partial charge is 0.659 e. The Hall–Kier alpha value is 0.542. The van der Waals surface area contributed by atoms with Gasteiger partial charge in [-0.3, -0.25) is 4.79 Å². The Kier molecular flexibility index (Phi) is 8.24. The van der Waals surface area contributed by atoms with E-state index in [9.17, 15) is 9.59 Å². The van der Waals surface area contributed by atoms with E-state index in [0.717, 1.165) is 7.11 Å². The fraction of sp³-hybridized carbons (Fsp3) is 0.600. The molecule has 1 radical (unpaired) electrons. The molecule has 4 nitrogen and oxygen atoms in total. The number of hydrogen-bond acceptors (Lipinski definition) is 3. The Morgan fingerprint density at radius 2 is 1.90 bits per heavy atom. The van der Waals surface area contributed by atoms with Gasteiger partial charge >= 0.3 is 0 Å². The van der Waals surface area contributed by atoms with Crippen LogP contribution in [-0.2, 0) is 14.3 Å². The zero-order valence-corrected chi connectivity index (χ0v) is 10.6. The van der Waals surface area contributed by atoms with Crippen molar-refractivity contribution >= 4 is 11.8 Å². The molecule has 0 saturated carbocycles. The number of Topliss-reactive ketones (excluding diaryl/α,β-unsaturated/α-hetero) is 1. The van der Waals surface area contributed by atoms with Crippen LogP contribution in [0.5, 0.6) is 0 Å². The van der Waals surface area contributed by atoms with E-state index >= 15 is 0 Å². The fourth-order valence-electron chi connectivity index (χ4n) is 0.284. The number of ketones is 1. The predicted molar refractivity (Wildman–Crippen MR) is 30.8 cm³/mol. The van der Waals surface area contributed by atoms with Gasteiger partial charge in [-0.2, -0.15) is 0 Å². The summed E-state index contributed by atoms with van der Waals surface area (Å²) in [6.07, 6.45) is 0. The quantitative estimate of drug-likeness (QED) is 0.523. The monoisotopic (exact) mass is 357 g/mol. The summed E-state index contributed by atoms with van der Waals surface area (Å²) in [6, 6.07) is -1.37. The van der Waals surface area contributed by atoms with E-state index in [2.05, 4.69) is 4.74 Å². The summed E-state index contributed by atoms with van der Waals surface area (Å²) >= 11 is 0. The molecule has 0 aliphatic rings. The minimum atomic E-state index is -1.37. The Morgan fingerprint density at radius 1 is 1.50 bits per heavy atom. The molecule has 0 bridgehead atoms. The van der Waals surface area contributed by atoms with E-state index in [0.29, 0.717) is 0 Å². The van der Waals surface area contributed by atoms with Crippen LogP contribution in [0.4, 0.5) is 0 Å². The molecule has 1 atom stereocenters. The molecule has 0 rings (SSSR count). The van der Waals surface area contributed by atoms with Crippen molar-refractivity contribution in [1.82, 2.24) is 0 Å². The van der Waals surface area contributed by atoms with Gasteiger partial charge in [0, 0.05) is 50.1 Å². The summed E-state index contributed by atoms with van der Waals surface area (Å²) in [5.41, 5.74) is 6.81. The van der Waals surface area contributed by atoms with Gasteiger partial charge in [-0.25, -0.2) is 0 Å². The van der Waals surface area contributed by atoms with Crippen LogP contribution in [0.15, 0.2) is 0 Å². The van der Waals surface area contributed by atoms with Gasteiger partial charge < -0.3 is 15.3 Å². The zero-order valence-electron chi connectivity index (χ0n) is 5.88. The number of hydrogen-bond donors (Lipinski definition) is 0. The van der Waals surface area contributed by atoms with Crippen molar-refractivity contribution in [3.05, 3.63) is 5.73 Å². The van der Waals surface area contributed by atoms with Crippen molar-refractivity contribution in [2.45, 2.75) is 13.0 Å². The predicted octanol–water partition coefficient (Wildman–Crippen LogP) is 0.169. The minimum Gasteiger partial charge on any atom is -0.659 e. The number of ether oxygens (including phenoxy) is 1. The normalized spacial score (nSPS) is 11.1. The Bertz CT molecular complexity index is 137. The average Bonchev–Trinajstić information content (AvgIpc) is 1.84. The van der Waals surface area contributed by atoms with Crippen molar-refractivity contribution in [1.29, 1.82) is 0 Å². The molecule has 0 fully saturated rings. The van der Waals surface area contributed by atoms with Crippen molar-refractivity contribution < 1.29 is 58.4 Å². The van der Waals surface area contributed by atoms with Gasteiger partial charge in [0.2, 0.25) is 0 Å². The molecule has 0 aromatic rings. The second-order valence-corrected chi connectivity index (χ2v) is 1.57. The number of carbonyl (C=O) groups is 2. The number of carbonyl (C=O) groups excluding carboxylic acids is 2. The van der Waals surface area contributed by atoms with Crippen LogP contribution in [-0.4, -0.2) is 24.9 Å². The summed E-state index contributed by atoms with van der Waals surface area (Å²) in [5.74, 6) is -1.30. The molecule has 0 aromatic carbocycles. The first kappa shape index (κ1) is 13.2. The Balaban J connectivity index is 0. The van der Waals surface area contributed by atoms with Crippen molar-refractivity contribution in [2.75, 3.05) is 7.11 Å². The van der Waals surface area contributed by atoms with E-state index in [-0.39, 0.29) is 44.1 Å². The third-order valence-electron chi connectivity index (χ3n) is 0.843. The van der Waals surface area contributed by atoms with E-state index in [1.165, 1.54) is 6.92 Å². The summed E-state index contributed by atoms with van der Waals surface area (Å²) in [7, 11) is 1.15. The van der Waals surface area contributed by atoms with Crippen LogP contribution < -0.4 is 0 Å². The van der Waals surface area contributed by atoms with E-state index < -0.39 is 17.8 Å². The number of rotatable bonds is 2. The number of esters is 1. The Morgan fingerprint density at radius 3 is 2.00 bits per heavy atom. The van der Waals surface area contributed by atoms with E-state index in [1.54, 1.807) is 0 Å². The summed E-state index contributed by atoms with van der Waals surface area (Å²) in [5, 5.41) is 0. The van der Waals surface area contributed by atoms with Gasteiger partial charge in [0.1, 0.15) is 5.78 Å². The van der Waals surface area contributed by atoms with Crippen LogP contribution in [0.2, 0.25) is 0 Å². The van der Waals surface area contributed by atoms with Crippen molar-refractivity contribution in [2.24, 2.45) is 0 Å². The fourth-order valence-corrected chi connectivity index (χ4v) is 0.284. The van der Waals surface area contributed by atoms with Crippen LogP contribution >= 0.6 is 0 Å². The molecular formula is C5H8AcNO3-. The third kappa shape index (κ3) is 4.37. The molecule has 0 aliphatic heterocycles. The summed E-state index contributed by atoms with van der Waals surface area (Å²) in [4.78, 5) is 20.6. The van der Waals surface area contributed by atoms with Crippen LogP contribution in [0, 0.1) is 44.1 Å². The molecule has 0 aliphatic carbocycles. The SMILES string of the molecule is COC(=O)C([NH-])C(C)=O.[Ac]. The summed E-state index contributed by atoms with van der Waals surface area (Å²) in [6.45, 7) is 1.18. The Labute approximate surface area is 95.0 Å². The molecule has 5 heteroatoms. The zero-order chi connectivity index (χ0) is 7.44. The molecule has 55 valence electrons.